The minimum atomic E-state index is -0.152. The molecule has 120 valence electrons. The van der Waals surface area contributed by atoms with Gasteiger partial charge < -0.3 is 15.8 Å². The zero-order valence-electron chi connectivity index (χ0n) is 13.2. The topological polar surface area (TPSA) is 76.7 Å². The van der Waals surface area contributed by atoms with Crippen LogP contribution in [-0.4, -0.2) is 25.6 Å². The zero-order valence-corrected chi connectivity index (χ0v) is 13.2. The first-order valence-corrected chi connectivity index (χ1v) is 7.94. The maximum Gasteiger partial charge on any atom is 0.305 e. The Hall–Kier alpha value is -2.04. The molecule has 0 saturated carbocycles. The van der Waals surface area contributed by atoms with Gasteiger partial charge in [-0.25, -0.2) is 0 Å². The summed E-state index contributed by atoms with van der Waals surface area (Å²) in [4.78, 5) is 15.3. The van der Waals surface area contributed by atoms with Gasteiger partial charge in [-0.2, -0.15) is 0 Å². The molecule has 0 saturated heterocycles. The Bertz CT molecular complexity index is 541. The van der Waals surface area contributed by atoms with Crippen molar-refractivity contribution in [2.45, 2.75) is 44.9 Å². The highest BCUT2D eigenvalue weighted by Crippen LogP contribution is 2.24. The number of hydrogen-bond donors (Lipinski definition) is 2. The van der Waals surface area contributed by atoms with Gasteiger partial charge in [-0.1, -0.05) is 12.5 Å². The molecule has 0 atom stereocenters. The van der Waals surface area contributed by atoms with Gasteiger partial charge in [0, 0.05) is 18.7 Å². The second kappa shape index (κ2) is 8.41. The van der Waals surface area contributed by atoms with Crippen LogP contribution in [0.2, 0.25) is 0 Å². The highest BCUT2D eigenvalue weighted by Gasteiger charge is 2.10. The lowest BCUT2D eigenvalue weighted by atomic mass is 10.1. The number of aliphatic imine (C=N–C) groups is 1. The summed E-state index contributed by atoms with van der Waals surface area (Å²) in [5.74, 6) is 0.298. The number of hydrogen-bond acceptors (Lipinski definition) is 3. The predicted molar refractivity (Wildman–Crippen MR) is 89.1 cm³/mol. The van der Waals surface area contributed by atoms with E-state index in [2.05, 4.69) is 33.2 Å². The fraction of sp³-hybridized carbons (Fsp3) is 0.529. The Kier molecular flexibility index (Phi) is 6.25. The first kappa shape index (κ1) is 16.3. The molecule has 0 heterocycles. The van der Waals surface area contributed by atoms with Gasteiger partial charge in [0.15, 0.2) is 5.96 Å². The van der Waals surface area contributed by atoms with Crippen LogP contribution in [0, 0.1) is 0 Å². The third kappa shape index (κ3) is 5.06. The second-order valence-electron chi connectivity index (χ2n) is 5.62. The number of rotatable bonds is 7. The van der Waals surface area contributed by atoms with Crippen LogP contribution in [0.4, 0.5) is 5.69 Å². The average molecular weight is 303 g/mol. The van der Waals surface area contributed by atoms with Gasteiger partial charge in [-0.15, -0.1) is 0 Å². The number of unbranched alkanes of at least 4 members (excludes halogenated alkanes) is 2. The normalized spacial score (nSPS) is 13.8. The quantitative estimate of drug-likeness (QED) is 0.351. The summed E-state index contributed by atoms with van der Waals surface area (Å²) in [6.07, 6.45) is 6.76. The van der Waals surface area contributed by atoms with Gasteiger partial charge in [-0.3, -0.25) is 9.79 Å². The molecular formula is C17H25N3O2. The molecule has 0 bridgehead atoms. The van der Waals surface area contributed by atoms with Crippen LogP contribution in [0.5, 0.6) is 0 Å². The lowest BCUT2D eigenvalue weighted by Gasteiger charge is -2.08. The SMILES string of the molecule is COC(=O)CCCCCN=C(N)Nc1ccc2c(c1)CCC2. The van der Waals surface area contributed by atoms with Crippen molar-refractivity contribution in [3.8, 4) is 0 Å². The Morgan fingerprint density at radius 1 is 1.27 bits per heavy atom. The van der Waals surface area contributed by atoms with Crippen molar-refractivity contribution in [3.63, 3.8) is 0 Å². The van der Waals surface area contributed by atoms with Crippen molar-refractivity contribution in [2.24, 2.45) is 10.7 Å². The number of carbonyl (C=O) groups excluding carboxylic acids is 1. The van der Waals surface area contributed by atoms with Crippen LogP contribution in [-0.2, 0) is 22.4 Å². The Labute approximate surface area is 132 Å². The van der Waals surface area contributed by atoms with Gasteiger partial charge in [0.1, 0.15) is 0 Å². The molecule has 1 aromatic carbocycles. The third-order valence-corrected chi connectivity index (χ3v) is 3.92. The van der Waals surface area contributed by atoms with Crippen molar-refractivity contribution < 1.29 is 9.53 Å². The standard InChI is InChI=1S/C17H25N3O2/c1-22-16(21)8-3-2-4-11-19-17(18)20-15-10-9-13-6-5-7-14(13)12-15/h9-10,12H,2-8,11H2,1H3,(H3,18,19,20). The molecule has 0 unspecified atom stereocenters. The van der Waals surface area contributed by atoms with E-state index in [9.17, 15) is 4.79 Å². The molecule has 5 heteroatoms. The van der Waals surface area contributed by atoms with E-state index in [0.29, 0.717) is 18.9 Å². The summed E-state index contributed by atoms with van der Waals surface area (Å²) in [7, 11) is 1.41. The van der Waals surface area contributed by atoms with Crippen molar-refractivity contribution in [1.82, 2.24) is 0 Å². The molecule has 0 radical (unpaired) electrons. The van der Waals surface area contributed by atoms with E-state index >= 15 is 0 Å². The molecule has 2 rings (SSSR count). The lowest BCUT2D eigenvalue weighted by Crippen LogP contribution is -2.22. The van der Waals surface area contributed by atoms with E-state index < -0.39 is 0 Å². The number of fused-ring (bicyclic) bond motifs is 1. The molecule has 0 spiro atoms. The maximum atomic E-state index is 11.0. The molecule has 3 N–H and O–H groups in total. The molecule has 1 aromatic rings. The number of anilines is 1. The molecule has 0 aromatic heterocycles. The molecule has 1 aliphatic rings. The highest BCUT2D eigenvalue weighted by atomic mass is 16.5. The van der Waals surface area contributed by atoms with Gasteiger partial charge in [0.25, 0.3) is 0 Å². The fourth-order valence-electron chi connectivity index (χ4n) is 2.70. The summed E-state index contributed by atoms with van der Waals surface area (Å²) in [6.45, 7) is 0.672. The smallest absolute Gasteiger partial charge is 0.305 e. The summed E-state index contributed by atoms with van der Waals surface area (Å²) in [5, 5.41) is 3.14. The largest absolute Gasteiger partial charge is 0.469 e. The number of aryl methyl sites for hydroxylation is 2. The number of guanidine groups is 1. The van der Waals surface area contributed by atoms with Crippen molar-refractivity contribution >= 4 is 17.6 Å². The van der Waals surface area contributed by atoms with E-state index in [1.165, 1.54) is 31.1 Å². The van der Waals surface area contributed by atoms with E-state index in [-0.39, 0.29) is 5.97 Å². The van der Waals surface area contributed by atoms with Crippen molar-refractivity contribution in [3.05, 3.63) is 29.3 Å². The monoisotopic (exact) mass is 303 g/mol. The molecule has 5 nitrogen and oxygen atoms in total. The van der Waals surface area contributed by atoms with E-state index in [0.717, 1.165) is 31.4 Å². The van der Waals surface area contributed by atoms with E-state index in [4.69, 9.17) is 5.73 Å². The summed E-state index contributed by atoms with van der Waals surface area (Å²) in [5.41, 5.74) is 9.78. The number of nitrogens with two attached hydrogens (primary N) is 1. The van der Waals surface area contributed by atoms with Crippen LogP contribution in [0.25, 0.3) is 0 Å². The molecule has 0 amide bonds. The predicted octanol–water partition coefficient (Wildman–Crippen LogP) is 2.64. The summed E-state index contributed by atoms with van der Waals surface area (Å²) in [6, 6.07) is 6.40. The van der Waals surface area contributed by atoms with Crippen molar-refractivity contribution in [1.29, 1.82) is 0 Å². The Balaban J connectivity index is 1.68. The first-order valence-electron chi connectivity index (χ1n) is 7.94. The van der Waals surface area contributed by atoms with Crippen LogP contribution < -0.4 is 11.1 Å². The molecule has 0 aliphatic heterocycles. The fourth-order valence-corrected chi connectivity index (χ4v) is 2.70. The Morgan fingerprint density at radius 3 is 2.91 bits per heavy atom. The van der Waals surface area contributed by atoms with Gasteiger partial charge >= 0.3 is 5.97 Å². The Morgan fingerprint density at radius 2 is 2.09 bits per heavy atom. The number of nitrogens with zero attached hydrogens (tertiary/aromatic N) is 1. The number of benzene rings is 1. The number of carbonyl (C=O) groups is 1. The minimum Gasteiger partial charge on any atom is -0.469 e. The third-order valence-electron chi connectivity index (χ3n) is 3.92. The molecule has 22 heavy (non-hydrogen) atoms. The van der Waals surface area contributed by atoms with E-state index in [1.807, 2.05) is 0 Å². The van der Waals surface area contributed by atoms with Gasteiger partial charge in [0.2, 0.25) is 0 Å². The molecule has 0 fully saturated rings. The number of methoxy groups -OCH3 is 1. The minimum absolute atomic E-state index is 0.152. The zero-order chi connectivity index (χ0) is 15.8. The summed E-state index contributed by atoms with van der Waals surface area (Å²) >= 11 is 0. The maximum absolute atomic E-state index is 11.0. The average Bonchev–Trinajstić information content (AvgIpc) is 2.98. The van der Waals surface area contributed by atoms with Gasteiger partial charge in [-0.05, 0) is 55.4 Å². The molecular weight excluding hydrogens is 278 g/mol. The number of esters is 1. The molecule has 1 aliphatic carbocycles. The number of ether oxygens (including phenoxy) is 1. The second-order valence-corrected chi connectivity index (χ2v) is 5.62. The van der Waals surface area contributed by atoms with Crippen LogP contribution in [0.15, 0.2) is 23.2 Å². The van der Waals surface area contributed by atoms with Gasteiger partial charge in [0.05, 0.1) is 7.11 Å². The van der Waals surface area contributed by atoms with Crippen LogP contribution >= 0.6 is 0 Å². The summed E-state index contributed by atoms with van der Waals surface area (Å²) < 4.78 is 4.60. The van der Waals surface area contributed by atoms with E-state index in [1.54, 1.807) is 0 Å². The van der Waals surface area contributed by atoms with Crippen molar-refractivity contribution in [2.75, 3.05) is 19.0 Å². The highest BCUT2D eigenvalue weighted by molar-refractivity contribution is 5.92. The number of nitrogens with one attached hydrogen (secondary N) is 1. The van der Waals surface area contributed by atoms with Crippen LogP contribution in [0.1, 0.15) is 43.2 Å². The lowest BCUT2D eigenvalue weighted by molar-refractivity contribution is -0.140. The van der Waals surface area contributed by atoms with Crippen LogP contribution in [0.3, 0.4) is 0 Å². The first-order chi connectivity index (χ1) is 10.7.